The van der Waals surface area contributed by atoms with E-state index in [2.05, 4.69) is 87.5 Å². The zero-order valence-electron chi connectivity index (χ0n) is 39.0. The molecule has 0 saturated carbocycles. The molecule has 0 spiro atoms. The molecule has 3 unspecified atom stereocenters. The molecule has 7 rings (SSSR count). The second-order valence-corrected chi connectivity index (χ2v) is 19.9. The highest BCUT2D eigenvalue weighted by atomic mass is 35.5. The molecule has 5 aromatic rings. The number of aliphatic imine (C=N–C) groups is 1. The molecule has 2 amide bonds. The molecule has 3 atom stereocenters. The number of halogens is 1. The summed E-state index contributed by atoms with van der Waals surface area (Å²) in [6, 6.07) is 23.8. The summed E-state index contributed by atoms with van der Waals surface area (Å²) in [5.74, 6) is 0.280. The van der Waals surface area contributed by atoms with E-state index in [1.807, 2.05) is 55.4 Å². The Labute approximate surface area is 406 Å². The zero-order valence-corrected chi connectivity index (χ0v) is 41.4. The van der Waals surface area contributed by atoms with Gasteiger partial charge in [-0.2, -0.15) is 0 Å². The number of esters is 1. The van der Waals surface area contributed by atoms with Crippen LogP contribution in [0, 0.1) is 0 Å². The van der Waals surface area contributed by atoms with Crippen LogP contribution in [0.4, 0.5) is 22.7 Å². The van der Waals surface area contributed by atoms with Gasteiger partial charge in [0.1, 0.15) is 17.4 Å². The number of benzene rings is 4. The quantitative estimate of drug-likeness (QED) is 0.0227. The topological polar surface area (TPSA) is 154 Å². The van der Waals surface area contributed by atoms with Gasteiger partial charge >= 0.3 is 5.97 Å². The van der Waals surface area contributed by atoms with Gasteiger partial charge < -0.3 is 35.5 Å². The molecule has 354 valence electrons. The third-order valence-corrected chi connectivity index (χ3v) is 15.9. The summed E-state index contributed by atoms with van der Waals surface area (Å²) in [6.07, 6.45) is 4.81. The Hall–Kier alpha value is -5.45. The number of piperidine rings is 1. The summed E-state index contributed by atoms with van der Waals surface area (Å²) in [5, 5.41) is 15.7. The van der Waals surface area contributed by atoms with Crippen molar-refractivity contribution in [3.8, 4) is 16.2 Å². The zero-order chi connectivity index (χ0) is 47.8. The molecule has 0 aliphatic carbocycles. The number of methoxy groups -OCH3 is 2. The minimum atomic E-state index is -0.789. The van der Waals surface area contributed by atoms with E-state index in [1.165, 1.54) is 31.1 Å². The van der Waals surface area contributed by atoms with Gasteiger partial charge in [-0.05, 0) is 131 Å². The predicted molar refractivity (Wildman–Crippen MR) is 275 cm³/mol. The number of rotatable bonds is 22. The predicted octanol–water partition coefficient (Wildman–Crippen LogP) is 10.1. The van der Waals surface area contributed by atoms with E-state index in [9.17, 15) is 19.2 Å². The Morgan fingerprint density at radius 3 is 2.55 bits per heavy atom. The molecule has 1 fully saturated rings. The van der Waals surface area contributed by atoms with E-state index >= 15 is 0 Å². The molecule has 0 bridgehead atoms. The summed E-state index contributed by atoms with van der Waals surface area (Å²) in [5.41, 5.74) is 7.14. The molecule has 2 aliphatic heterocycles. The lowest BCUT2D eigenvalue weighted by Gasteiger charge is -2.45. The van der Waals surface area contributed by atoms with Crippen LogP contribution in [0.3, 0.4) is 0 Å². The molecule has 1 saturated heterocycles. The van der Waals surface area contributed by atoms with Crippen molar-refractivity contribution in [2.75, 3.05) is 63.5 Å². The van der Waals surface area contributed by atoms with Gasteiger partial charge in [0, 0.05) is 60.5 Å². The number of nitrogens with zero attached hydrogens (tertiary/aromatic N) is 3. The van der Waals surface area contributed by atoms with Gasteiger partial charge in [-0.3, -0.25) is 19.5 Å². The molecule has 13 nitrogen and oxygen atoms in total. The van der Waals surface area contributed by atoms with Gasteiger partial charge in [0.25, 0.3) is 5.91 Å². The Morgan fingerprint density at radius 2 is 1.84 bits per heavy atom. The molecule has 0 radical (unpaired) electrons. The standard InChI is InChI=1S/C51H60ClN7O6S2/c1-51(2)29-35(57-34-12-8-11-33(28-34)46-44(52)45(64-6)47(67-46)50(63)65-7)22-25-58(51)66-30-31-16-18-39(54-4)40(27-31)56-24-21-32(20-23-53-3)36-17-19-41-43-37(36)13-9-14-38(43)49(62)59(41)42(15-10-26-60)48(61)55-5/h8-9,11-14,16-19,26-28,32,35,42,53,56-57H,4,10,15,20-25,29-30H2,1-3,5-7H3,(H,55,61). The summed E-state index contributed by atoms with van der Waals surface area (Å²) >= 11 is 9.81. The number of hydrogen-bond donors (Lipinski definition) is 4. The van der Waals surface area contributed by atoms with Crippen molar-refractivity contribution >= 4 is 99.2 Å². The largest absolute Gasteiger partial charge is 0.493 e. The average Bonchev–Trinajstić information content (AvgIpc) is 3.82. The third-order valence-electron chi connectivity index (χ3n) is 12.8. The molecular formula is C51H60ClN7O6S2. The first-order valence-electron chi connectivity index (χ1n) is 22.6. The first kappa shape index (κ1) is 49.5. The van der Waals surface area contributed by atoms with E-state index in [4.69, 9.17) is 21.1 Å². The second kappa shape index (κ2) is 22.1. The van der Waals surface area contributed by atoms with E-state index < -0.39 is 12.0 Å². The number of ether oxygens (including phenoxy) is 2. The highest BCUT2D eigenvalue weighted by Gasteiger charge is 2.39. The summed E-state index contributed by atoms with van der Waals surface area (Å²) in [4.78, 5) is 57.7. The number of anilines is 3. The molecule has 67 heavy (non-hydrogen) atoms. The van der Waals surface area contributed by atoms with Crippen LogP contribution in [-0.4, -0.2) is 101 Å². The highest BCUT2D eigenvalue weighted by Crippen LogP contribution is 2.47. The van der Waals surface area contributed by atoms with Gasteiger partial charge in [0.15, 0.2) is 10.6 Å². The molecule has 4 N–H and O–H groups in total. The molecule has 1 aromatic heterocycles. The lowest BCUT2D eigenvalue weighted by Crippen LogP contribution is -2.49. The Bertz CT molecular complexity index is 2640. The van der Waals surface area contributed by atoms with Gasteiger partial charge in [0.2, 0.25) is 5.91 Å². The minimum Gasteiger partial charge on any atom is -0.493 e. The van der Waals surface area contributed by atoms with Crippen LogP contribution in [0.15, 0.2) is 77.8 Å². The van der Waals surface area contributed by atoms with Crippen LogP contribution in [0.1, 0.15) is 89.4 Å². The number of hydrogen-bond acceptors (Lipinski definition) is 13. The van der Waals surface area contributed by atoms with Crippen molar-refractivity contribution in [1.29, 1.82) is 0 Å². The van der Waals surface area contributed by atoms with Gasteiger partial charge in [-0.1, -0.05) is 59.9 Å². The van der Waals surface area contributed by atoms with Crippen molar-refractivity contribution in [1.82, 2.24) is 14.9 Å². The molecule has 4 aromatic carbocycles. The maximum absolute atomic E-state index is 13.9. The van der Waals surface area contributed by atoms with Crippen LogP contribution in [-0.2, 0) is 20.1 Å². The van der Waals surface area contributed by atoms with Crippen molar-refractivity contribution in [3.63, 3.8) is 0 Å². The van der Waals surface area contributed by atoms with Crippen molar-refractivity contribution in [2.24, 2.45) is 4.99 Å². The molecule has 2 aliphatic rings. The Balaban J connectivity index is 0.995. The van der Waals surface area contributed by atoms with Gasteiger partial charge in [0.05, 0.1) is 36.2 Å². The fraction of sp³-hybridized carbons (Fsp3) is 0.392. The fourth-order valence-corrected chi connectivity index (χ4v) is 12.1. The maximum atomic E-state index is 13.9. The lowest BCUT2D eigenvalue weighted by molar-refractivity contribution is -0.122. The number of amides is 2. The molecule has 3 heterocycles. The Kier molecular flexibility index (Phi) is 16.3. The maximum Gasteiger partial charge on any atom is 0.351 e. The van der Waals surface area contributed by atoms with E-state index in [0.29, 0.717) is 33.4 Å². The average molecular weight is 967 g/mol. The minimum absolute atomic E-state index is 0.0828. The monoisotopic (exact) mass is 965 g/mol. The van der Waals surface area contributed by atoms with E-state index in [-0.39, 0.29) is 42.2 Å². The number of likely N-dealkylation sites (N-methyl/N-ethyl adjacent to an activating group) is 1. The third kappa shape index (κ3) is 10.7. The number of thiophene rings is 1. The first-order valence-corrected chi connectivity index (χ1v) is 24.8. The highest BCUT2D eigenvalue weighted by molar-refractivity contribution is 7.96. The SMILES string of the molecule is C=Nc1ccc(CSN2CCC(Nc3cccc(-c4sc(C(=O)OC)c(OC)c4Cl)c3)CC2(C)C)cc1NCCC(CCNC)c1ccc2c3c(cccc13)C(=O)N2C(CCC=O)C(=O)NC. The summed E-state index contributed by atoms with van der Waals surface area (Å²) in [7, 11) is 6.34. The number of nitrogens with one attached hydrogen (secondary N) is 4. The summed E-state index contributed by atoms with van der Waals surface area (Å²) in [6.45, 7) is 10.9. The smallest absolute Gasteiger partial charge is 0.351 e. The number of carbonyl (C=O) groups is 4. The normalized spacial score (nSPS) is 16.4. The van der Waals surface area contributed by atoms with Crippen molar-refractivity contribution in [2.45, 2.75) is 81.7 Å². The first-order chi connectivity index (χ1) is 32.4. The van der Waals surface area contributed by atoms with Gasteiger partial charge in [-0.25, -0.2) is 9.10 Å². The number of aldehydes is 1. The van der Waals surface area contributed by atoms with Crippen LogP contribution >= 0.6 is 34.9 Å². The van der Waals surface area contributed by atoms with Crippen molar-refractivity contribution in [3.05, 3.63) is 99.4 Å². The van der Waals surface area contributed by atoms with Crippen LogP contribution in [0.25, 0.3) is 21.2 Å². The Morgan fingerprint density at radius 1 is 1.04 bits per heavy atom. The van der Waals surface area contributed by atoms with Gasteiger partial charge in [-0.15, -0.1) is 11.3 Å². The fourth-order valence-electron chi connectivity index (χ4n) is 9.45. The molecule has 16 heteroatoms. The van der Waals surface area contributed by atoms with E-state index in [0.717, 1.165) is 94.7 Å². The van der Waals surface area contributed by atoms with Crippen LogP contribution < -0.4 is 30.9 Å². The lowest BCUT2D eigenvalue weighted by atomic mass is 9.87. The number of carbonyl (C=O) groups excluding carboxylic acids is 4. The molecular weight excluding hydrogens is 906 g/mol. The van der Waals surface area contributed by atoms with Crippen molar-refractivity contribution < 1.29 is 28.7 Å². The van der Waals surface area contributed by atoms with E-state index in [1.54, 1.807) is 11.9 Å². The van der Waals surface area contributed by atoms with Crippen LogP contribution in [0.5, 0.6) is 5.75 Å². The second-order valence-electron chi connectivity index (χ2n) is 17.5. The summed E-state index contributed by atoms with van der Waals surface area (Å²) < 4.78 is 12.9. The van der Waals surface area contributed by atoms with Crippen LogP contribution in [0.2, 0.25) is 5.02 Å².